The number of nitrogens with one attached hydrogen (secondary N) is 1. The highest BCUT2D eigenvalue weighted by atomic mass is 16.5. The Morgan fingerprint density at radius 1 is 1.14 bits per heavy atom. The molecule has 1 N–H and O–H groups in total. The van der Waals surface area contributed by atoms with E-state index in [9.17, 15) is 9.59 Å². The normalized spacial score (nSPS) is 10.5. The van der Waals surface area contributed by atoms with E-state index >= 15 is 0 Å². The lowest BCUT2D eigenvalue weighted by Crippen LogP contribution is -2.27. The van der Waals surface area contributed by atoms with Crippen molar-refractivity contribution in [2.45, 2.75) is 40.0 Å². The molecule has 1 rings (SSSR count). The van der Waals surface area contributed by atoms with Gasteiger partial charge in [0.1, 0.15) is 5.75 Å². The van der Waals surface area contributed by atoms with Crippen LogP contribution in [0.1, 0.15) is 50.4 Å². The van der Waals surface area contributed by atoms with Crippen LogP contribution in [0, 0.1) is 5.92 Å². The predicted octanol–water partition coefficient (Wildman–Crippen LogP) is 3.21. The first-order valence-corrected chi connectivity index (χ1v) is 7.55. The summed E-state index contributed by atoms with van der Waals surface area (Å²) >= 11 is 0. The molecule has 0 radical (unpaired) electrons. The van der Waals surface area contributed by atoms with Crippen LogP contribution in [0.3, 0.4) is 0 Å². The van der Waals surface area contributed by atoms with Crippen LogP contribution < -0.4 is 10.1 Å². The summed E-state index contributed by atoms with van der Waals surface area (Å²) in [5.41, 5.74) is 0.621. The van der Waals surface area contributed by atoms with Crippen LogP contribution in [0.4, 0.5) is 0 Å². The van der Waals surface area contributed by atoms with Crippen molar-refractivity contribution in [3.8, 4) is 5.75 Å². The van der Waals surface area contributed by atoms with Gasteiger partial charge in [0.25, 0.3) is 0 Å². The lowest BCUT2D eigenvalue weighted by atomic mass is 10.1. The molecule has 0 saturated carbocycles. The molecule has 1 amide bonds. The van der Waals surface area contributed by atoms with Gasteiger partial charge in [-0.15, -0.1) is 0 Å². The minimum atomic E-state index is -0.0695. The summed E-state index contributed by atoms with van der Waals surface area (Å²) < 4.78 is 5.47. The molecule has 0 fully saturated rings. The summed E-state index contributed by atoms with van der Waals surface area (Å²) in [7, 11) is 0. The summed E-state index contributed by atoms with van der Waals surface area (Å²) in [5.74, 6) is 1.10. The molecular weight excluding hydrogens is 266 g/mol. The van der Waals surface area contributed by atoms with Crippen LogP contribution >= 0.6 is 0 Å². The summed E-state index contributed by atoms with van der Waals surface area (Å²) in [5, 5.41) is 2.81. The number of amides is 1. The van der Waals surface area contributed by atoms with Crippen molar-refractivity contribution in [1.82, 2.24) is 5.32 Å². The highest BCUT2D eigenvalue weighted by molar-refractivity contribution is 5.98. The zero-order valence-electron chi connectivity index (χ0n) is 13.1. The number of hydrogen-bond acceptors (Lipinski definition) is 3. The third-order valence-corrected chi connectivity index (χ3v) is 2.94. The quantitative estimate of drug-likeness (QED) is 0.711. The van der Waals surface area contributed by atoms with E-state index in [2.05, 4.69) is 5.32 Å². The third-order valence-electron chi connectivity index (χ3n) is 2.94. The summed E-state index contributed by atoms with van der Waals surface area (Å²) in [6.07, 6.45) is 1.42. The van der Waals surface area contributed by atoms with Crippen molar-refractivity contribution in [2.75, 3.05) is 13.2 Å². The van der Waals surface area contributed by atoms with Gasteiger partial charge in [0.15, 0.2) is 5.78 Å². The Bertz CT molecular complexity index is 452. The van der Waals surface area contributed by atoms with Gasteiger partial charge in [0.2, 0.25) is 5.91 Å². The molecule has 0 atom stereocenters. The molecule has 1 aromatic rings. The van der Waals surface area contributed by atoms with Crippen molar-refractivity contribution < 1.29 is 14.3 Å². The smallest absolute Gasteiger partial charge is 0.220 e. The van der Waals surface area contributed by atoms with Gasteiger partial charge < -0.3 is 10.1 Å². The molecule has 0 aliphatic carbocycles. The van der Waals surface area contributed by atoms with Gasteiger partial charge in [-0.05, 0) is 36.6 Å². The van der Waals surface area contributed by atoms with Crippen LogP contribution in [-0.2, 0) is 4.79 Å². The summed E-state index contributed by atoms with van der Waals surface area (Å²) in [4.78, 5) is 23.6. The van der Waals surface area contributed by atoms with Gasteiger partial charge in [-0.3, -0.25) is 9.59 Å². The molecule has 0 unspecified atom stereocenters. The second-order valence-electron chi connectivity index (χ2n) is 5.49. The van der Waals surface area contributed by atoms with Gasteiger partial charge >= 0.3 is 0 Å². The Hall–Kier alpha value is -1.84. The Morgan fingerprint density at radius 2 is 1.81 bits per heavy atom. The lowest BCUT2D eigenvalue weighted by Gasteiger charge is -2.08. The Labute approximate surface area is 126 Å². The summed E-state index contributed by atoms with van der Waals surface area (Å²) in [6, 6.07) is 7.09. The highest BCUT2D eigenvalue weighted by Crippen LogP contribution is 2.14. The molecule has 0 bridgehead atoms. The average molecular weight is 291 g/mol. The number of carbonyl (C=O) groups is 2. The Balaban J connectivity index is 2.39. The molecule has 4 heteroatoms. The standard InChI is InChI=1S/C17H25NO3/c1-4-11-21-15-7-5-14(6-8-15)16(19)9-10-17(20)18-12-13(2)3/h5-8,13H,4,9-12H2,1-3H3,(H,18,20). The van der Waals surface area contributed by atoms with Gasteiger partial charge in [0, 0.05) is 24.9 Å². The third kappa shape index (κ3) is 6.93. The molecular formula is C17H25NO3. The monoisotopic (exact) mass is 291 g/mol. The van der Waals surface area contributed by atoms with Gasteiger partial charge in [0.05, 0.1) is 6.61 Å². The van der Waals surface area contributed by atoms with E-state index in [-0.39, 0.29) is 24.5 Å². The van der Waals surface area contributed by atoms with Gasteiger partial charge in [-0.2, -0.15) is 0 Å². The topological polar surface area (TPSA) is 55.4 Å². The molecule has 0 aliphatic rings. The van der Waals surface area contributed by atoms with Crippen LogP contribution in [-0.4, -0.2) is 24.8 Å². The van der Waals surface area contributed by atoms with E-state index in [1.54, 1.807) is 24.3 Å². The fourth-order valence-electron chi connectivity index (χ4n) is 1.73. The van der Waals surface area contributed by atoms with Crippen molar-refractivity contribution in [3.63, 3.8) is 0 Å². The number of ketones is 1. The molecule has 0 aromatic heterocycles. The molecule has 21 heavy (non-hydrogen) atoms. The van der Waals surface area contributed by atoms with E-state index in [1.165, 1.54) is 0 Å². The minimum Gasteiger partial charge on any atom is -0.494 e. The molecule has 0 spiro atoms. The zero-order chi connectivity index (χ0) is 15.7. The second-order valence-corrected chi connectivity index (χ2v) is 5.49. The number of hydrogen-bond donors (Lipinski definition) is 1. The number of Topliss-reactive ketones (excluding diaryl/α,β-unsaturated/α-hetero) is 1. The van der Waals surface area contributed by atoms with Gasteiger partial charge in [-0.1, -0.05) is 20.8 Å². The van der Waals surface area contributed by atoms with Crippen molar-refractivity contribution in [2.24, 2.45) is 5.92 Å². The summed E-state index contributed by atoms with van der Waals surface area (Å²) in [6.45, 7) is 7.43. The second kappa shape index (κ2) is 9.16. The van der Waals surface area contributed by atoms with E-state index < -0.39 is 0 Å². The van der Waals surface area contributed by atoms with E-state index in [0.29, 0.717) is 24.6 Å². The van der Waals surface area contributed by atoms with Crippen LogP contribution in [0.15, 0.2) is 24.3 Å². The number of ether oxygens (including phenoxy) is 1. The first-order chi connectivity index (χ1) is 10.0. The van der Waals surface area contributed by atoms with Crippen molar-refractivity contribution in [1.29, 1.82) is 0 Å². The fraction of sp³-hybridized carbons (Fsp3) is 0.529. The number of rotatable bonds is 9. The maximum atomic E-state index is 12.0. The minimum absolute atomic E-state index is 0.0169. The molecule has 0 heterocycles. The molecule has 0 aliphatic heterocycles. The predicted molar refractivity (Wildman–Crippen MR) is 83.6 cm³/mol. The Morgan fingerprint density at radius 3 is 2.38 bits per heavy atom. The largest absolute Gasteiger partial charge is 0.494 e. The maximum absolute atomic E-state index is 12.0. The number of carbonyl (C=O) groups excluding carboxylic acids is 2. The Kier molecular flexibility index (Phi) is 7.51. The van der Waals surface area contributed by atoms with E-state index in [0.717, 1.165) is 12.2 Å². The van der Waals surface area contributed by atoms with Crippen molar-refractivity contribution >= 4 is 11.7 Å². The fourth-order valence-corrected chi connectivity index (χ4v) is 1.73. The van der Waals surface area contributed by atoms with Crippen molar-refractivity contribution in [3.05, 3.63) is 29.8 Å². The number of benzene rings is 1. The zero-order valence-corrected chi connectivity index (χ0v) is 13.1. The lowest BCUT2D eigenvalue weighted by molar-refractivity contribution is -0.121. The van der Waals surface area contributed by atoms with Crippen LogP contribution in [0.25, 0.3) is 0 Å². The van der Waals surface area contributed by atoms with Crippen LogP contribution in [0.2, 0.25) is 0 Å². The maximum Gasteiger partial charge on any atom is 0.220 e. The first-order valence-electron chi connectivity index (χ1n) is 7.55. The van der Waals surface area contributed by atoms with E-state index in [4.69, 9.17) is 4.74 Å². The van der Waals surface area contributed by atoms with E-state index in [1.807, 2.05) is 20.8 Å². The van der Waals surface area contributed by atoms with Gasteiger partial charge in [-0.25, -0.2) is 0 Å². The first kappa shape index (κ1) is 17.2. The SMILES string of the molecule is CCCOc1ccc(C(=O)CCC(=O)NCC(C)C)cc1. The average Bonchev–Trinajstić information content (AvgIpc) is 2.49. The van der Waals surface area contributed by atoms with Crippen LogP contribution in [0.5, 0.6) is 5.75 Å². The molecule has 116 valence electrons. The molecule has 1 aromatic carbocycles. The molecule has 0 saturated heterocycles. The molecule has 4 nitrogen and oxygen atoms in total. The highest BCUT2D eigenvalue weighted by Gasteiger charge is 2.09.